The number of rotatable bonds is 8. The van der Waals surface area contributed by atoms with Gasteiger partial charge >= 0.3 is 0 Å². The molecule has 1 aliphatic rings. The quantitative estimate of drug-likeness (QED) is 0.194. The molecular formula is C14H28N6O3. The van der Waals surface area contributed by atoms with Crippen LogP contribution in [0.25, 0.3) is 0 Å². The Hall–Kier alpha value is -1.87. The van der Waals surface area contributed by atoms with Gasteiger partial charge in [0.25, 0.3) is 0 Å². The number of carbonyl (C=O) groups is 2. The molecular weight excluding hydrogens is 300 g/mol. The third kappa shape index (κ3) is 6.03. The number of nitrogens with zero attached hydrogens (tertiary/aromatic N) is 2. The number of nitrogens with two attached hydrogens (primary N) is 3. The smallest absolute Gasteiger partial charge is 0.242 e. The summed E-state index contributed by atoms with van der Waals surface area (Å²) in [5.74, 6) is -0.510. The fraction of sp³-hybridized carbons (Fsp3) is 0.786. The molecule has 132 valence electrons. The number of hydrogen-bond donors (Lipinski definition) is 5. The molecule has 9 nitrogen and oxygen atoms in total. The van der Waals surface area contributed by atoms with Gasteiger partial charge in [0.15, 0.2) is 5.96 Å². The van der Waals surface area contributed by atoms with E-state index in [4.69, 9.17) is 17.2 Å². The Labute approximate surface area is 136 Å². The largest absolute Gasteiger partial charge is 0.391 e. The van der Waals surface area contributed by atoms with E-state index in [0.717, 1.165) is 19.3 Å². The van der Waals surface area contributed by atoms with Gasteiger partial charge in [-0.1, -0.05) is 0 Å². The highest BCUT2D eigenvalue weighted by Gasteiger charge is 2.36. The van der Waals surface area contributed by atoms with Crippen LogP contribution >= 0.6 is 0 Å². The Morgan fingerprint density at radius 2 is 2.09 bits per heavy atom. The molecule has 0 saturated carbocycles. The molecule has 8 N–H and O–H groups in total. The van der Waals surface area contributed by atoms with Crippen molar-refractivity contribution in [1.29, 1.82) is 0 Å². The molecule has 0 aliphatic carbocycles. The van der Waals surface area contributed by atoms with Crippen LogP contribution in [0, 0.1) is 0 Å². The highest BCUT2D eigenvalue weighted by Crippen LogP contribution is 2.18. The SMILES string of the molecule is C[C@H](O)[C@H](N)C(=O)N1CCC[C@H]1C(=O)NCCCCN=C(N)N. The molecule has 1 saturated heterocycles. The van der Waals surface area contributed by atoms with Crippen LogP contribution in [0.3, 0.4) is 0 Å². The molecule has 2 amide bonds. The maximum absolute atomic E-state index is 12.2. The van der Waals surface area contributed by atoms with E-state index in [2.05, 4.69) is 10.3 Å². The molecule has 0 spiro atoms. The van der Waals surface area contributed by atoms with Gasteiger partial charge in [-0.2, -0.15) is 0 Å². The molecule has 23 heavy (non-hydrogen) atoms. The van der Waals surface area contributed by atoms with Crippen molar-refractivity contribution in [3.63, 3.8) is 0 Å². The van der Waals surface area contributed by atoms with Crippen LogP contribution in [0.15, 0.2) is 4.99 Å². The van der Waals surface area contributed by atoms with Crippen molar-refractivity contribution < 1.29 is 14.7 Å². The monoisotopic (exact) mass is 328 g/mol. The minimum Gasteiger partial charge on any atom is -0.391 e. The van der Waals surface area contributed by atoms with E-state index in [1.807, 2.05) is 0 Å². The summed E-state index contributed by atoms with van der Waals surface area (Å²) in [6.07, 6.45) is 1.93. The lowest BCUT2D eigenvalue weighted by molar-refractivity contribution is -0.141. The molecule has 9 heteroatoms. The van der Waals surface area contributed by atoms with Crippen molar-refractivity contribution in [3.8, 4) is 0 Å². The number of guanidine groups is 1. The topological polar surface area (TPSA) is 160 Å². The summed E-state index contributed by atoms with van der Waals surface area (Å²) < 4.78 is 0. The second kappa shape index (κ2) is 9.31. The maximum Gasteiger partial charge on any atom is 0.242 e. The number of aliphatic hydroxyl groups excluding tert-OH is 1. The molecule has 0 bridgehead atoms. The van der Waals surface area contributed by atoms with E-state index in [1.165, 1.54) is 11.8 Å². The normalized spacial score (nSPS) is 20.0. The maximum atomic E-state index is 12.2. The first-order chi connectivity index (χ1) is 10.8. The summed E-state index contributed by atoms with van der Waals surface area (Å²) in [6, 6.07) is -1.51. The first kappa shape index (κ1) is 19.2. The van der Waals surface area contributed by atoms with E-state index in [0.29, 0.717) is 26.1 Å². The minimum absolute atomic E-state index is 0.0589. The number of likely N-dealkylation sites (tertiary alicyclic amines) is 1. The molecule has 1 heterocycles. The Morgan fingerprint density at radius 3 is 2.70 bits per heavy atom. The van der Waals surface area contributed by atoms with Crippen LogP contribution in [0.5, 0.6) is 0 Å². The summed E-state index contributed by atoms with van der Waals surface area (Å²) >= 11 is 0. The zero-order chi connectivity index (χ0) is 17.4. The summed E-state index contributed by atoms with van der Waals surface area (Å²) in [7, 11) is 0. The predicted molar refractivity (Wildman–Crippen MR) is 87.3 cm³/mol. The fourth-order valence-electron chi connectivity index (χ4n) is 2.48. The van der Waals surface area contributed by atoms with Gasteiger partial charge in [0.1, 0.15) is 12.1 Å². The van der Waals surface area contributed by atoms with Crippen LogP contribution in [0.4, 0.5) is 0 Å². The van der Waals surface area contributed by atoms with Crippen LogP contribution in [-0.2, 0) is 9.59 Å². The van der Waals surface area contributed by atoms with E-state index in [9.17, 15) is 14.7 Å². The second-order valence-electron chi connectivity index (χ2n) is 5.76. The lowest BCUT2D eigenvalue weighted by atomic mass is 10.1. The van der Waals surface area contributed by atoms with Gasteiger partial charge in [-0.25, -0.2) is 0 Å². The van der Waals surface area contributed by atoms with Gasteiger partial charge in [-0.3, -0.25) is 14.6 Å². The van der Waals surface area contributed by atoms with Crippen LogP contribution in [0.1, 0.15) is 32.6 Å². The zero-order valence-corrected chi connectivity index (χ0v) is 13.6. The van der Waals surface area contributed by atoms with Crippen molar-refractivity contribution in [3.05, 3.63) is 0 Å². The number of unbranched alkanes of at least 4 members (excludes halogenated alkanes) is 1. The fourth-order valence-corrected chi connectivity index (χ4v) is 2.48. The number of nitrogens with one attached hydrogen (secondary N) is 1. The molecule has 0 aromatic carbocycles. The van der Waals surface area contributed by atoms with Crippen molar-refractivity contribution in [1.82, 2.24) is 10.2 Å². The molecule has 1 fully saturated rings. The number of aliphatic hydroxyl groups is 1. The predicted octanol–water partition coefficient (Wildman–Crippen LogP) is -2.14. The van der Waals surface area contributed by atoms with Crippen LogP contribution in [0.2, 0.25) is 0 Å². The Morgan fingerprint density at radius 1 is 1.39 bits per heavy atom. The minimum atomic E-state index is -0.997. The summed E-state index contributed by atoms with van der Waals surface area (Å²) in [4.78, 5) is 29.7. The van der Waals surface area contributed by atoms with Gasteiger partial charge in [-0.15, -0.1) is 0 Å². The van der Waals surface area contributed by atoms with E-state index >= 15 is 0 Å². The molecule has 0 radical (unpaired) electrons. The van der Waals surface area contributed by atoms with Crippen molar-refractivity contribution in [2.75, 3.05) is 19.6 Å². The zero-order valence-electron chi connectivity index (χ0n) is 13.6. The Balaban J connectivity index is 2.39. The number of amides is 2. The van der Waals surface area contributed by atoms with Crippen LogP contribution in [-0.4, -0.2) is 65.6 Å². The molecule has 1 rings (SSSR count). The van der Waals surface area contributed by atoms with E-state index in [1.54, 1.807) is 0 Å². The van der Waals surface area contributed by atoms with Gasteiger partial charge in [-0.05, 0) is 32.6 Å². The number of carbonyl (C=O) groups excluding carboxylic acids is 2. The first-order valence-electron chi connectivity index (χ1n) is 7.91. The summed E-state index contributed by atoms with van der Waals surface area (Å²) in [6.45, 7) is 2.97. The molecule has 0 unspecified atom stereocenters. The average Bonchev–Trinajstić information content (AvgIpc) is 2.98. The molecule has 3 atom stereocenters. The number of hydrogen-bond acceptors (Lipinski definition) is 5. The molecule has 0 aromatic heterocycles. The molecule has 1 aliphatic heterocycles. The lowest BCUT2D eigenvalue weighted by Gasteiger charge is -2.27. The summed E-state index contributed by atoms with van der Waals surface area (Å²) in [5.41, 5.74) is 16.1. The summed E-state index contributed by atoms with van der Waals surface area (Å²) in [5, 5.41) is 12.3. The van der Waals surface area contributed by atoms with Crippen molar-refractivity contribution >= 4 is 17.8 Å². The van der Waals surface area contributed by atoms with Gasteiger partial charge in [0.05, 0.1) is 6.10 Å². The Kier molecular flexibility index (Phi) is 7.76. The van der Waals surface area contributed by atoms with Crippen molar-refractivity contribution in [2.24, 2.45) is 22.2 Å². The van der Waals surface area contributed by atoms with E-state index in [-0.39, 0.29) is 17.8 Å². The lowest BCUT2D eigenvalue weighted by Crippen LogP contribution is -2.54. The number of aliphatic imine (C=N–C) groups is 1. The van der Waals surface area contributed by atoms with E-state index < -0.39 is 18.2 Å². The van der Waals surface area contributed by atoms with Gasteiger partial charge in [0.2, 0.25) is 11.8 Å². The highest BCUT2D eigenvalue weighted by molar-refractivity contribution is 5.90. The van der Waals surface area contributed by atoms with Gasteiger partial charge in [0, 0.05) is 19.6 Å². The van der Waals surface area contributed by atoms with Crippen molar-refractivity contribution in [2.45, 2.75) is 50.8 Å². The Bertz CT molecular complexity index is 436. The first-order valence-corrected chi connectivity index (χ1v) is 7.91. The average molecular weight is 328 g/mol. The third-order valence-corrected chi connectivity index (χ3v) is 3.82. The standard InChI is InChI=1S/C14H28N6O3/c1-9(21)11(15)13(23)20-8-4-5-10(20)12(22)18-6-2-3-7-19-14(16)17/h9-11,21H,2-8,15H2,1H3,(H,18,22)(H4,16,17,19)/t9-,10-,11-/m0/s1. The highest BCUT2D eigenvalue weighted by atomic mass is 16.3. The van der Waals surface area contributed by atoms with Gasteiger partial charge < -0.3 is 32.5 Å². The third-order valence-electron chi connectivity index (χ3n) is 3.82. The second-order valence-corrected chi connectivity index (χ2v) is 5.76. The van der Waals surface area contributed by atoms with Crippen LogP contribution < -0.4 is 22.5 Å². The molecule has 0 aromatic rings.